The zero-order chi connectivity index (χ0) is 11.0. The van der Waals surface area contributed by atoms with E-state index in [2.05, 4.69) is 0 Å². The van der Waals surface area contributed by atoms with Gasteiger partial charge in [-0.05, 0) is 6.07 Å². The predicted molar refractivity (Wildman–Crippen MR) is 56.7 cm³/mol. The van der Waals surface area contributed by atoms with Crippen LogP contribution >= 0.6 is 11.6 Å². The second kappa shape index (κ2) is 3.60. The number of benzene rings is 1. The number of hydrazine groups is 1. The Bertz CT molecular complexity index is 434. The van der Waals surface area contributed by atoms with E-state index in [0.717, 1.165) is 5.56 Å². The van der Waals surface area contributed by atoms with Crippen molar-refractivity contribution in [1.29, 1.82) is 0 Å². The van der Waals surface area contributed by atoms with Crippen molar-refractivity contribution in [2.24, 2.45) is 5.84 Å². The molecule has 80 valence electrons. The summed E-state index contributed by atoms with van der Waals surface area (Å²) in [5, 5.41) is 0.345. The van der Waals surface area contributed by atoms with Crippen molar-refractivity contribution in [2.75, 3.05) is 12.3 Å². The number of fused-ring (bicyclic) bond motifs is 1. The largest absolute Gasteiger partial charge is 0.492 e. The summed E-state index contributed by atoms with van der Waals surface area (Å²) in [6.45, 7) is 0.505. The number of rotatable bonds is 1. The van der Waals surface area contributed by atoms with E-state index in [4.69, 9.17) is 27.9 Å². The van der Waals surface area contributed by atoms with E-state index >= 15 is 0 Å². The van der Waals surface area contributed by atoms with E-state index in [1.165, 1.54) is 6.07 Å². The average Bonchev–Trinajstić information content (AvgIpc) is 2.71. The van der Waals surface area contributed by atoms with E-state index in [1.54, 1.807) is 0 Å². The first kappa shape index (κ1) is 10.1. The van der Waals surface area contributed by atoms with Crippen molar-refractivity contribution < 1.29 is 9.53 Å². The van der Waals surface area contributed by atoms with Gasteiger partial charge in [0.25, 0.3) is 5.91 Å². The Morgan fingerprint density at radius 2 is 2.33 bits per heavy atom. The zero-order valence-electron chi connectivity index (χ0n) is 7.84. The van der Waals surface area contributed by atoms with Gasteiger partial charge in [-0.2, -0.15) is 0 Å². The van der Waals surface area contributed by atoms with Crippen LogP contribution in [0.1, 0.15) is 15.9 Å². The van der Waals surface area contributed by atoms with Crippen molar-refractivity contribution in [2.45, 2.75) is 6.42 Å². The van der Waals surface area contributed by atoms with Gasteiger partial charge in [-0.3, -0.25) is 10.2 Å². The number of carbonyl (C=O) groups is 1. The third-order valence-electron chi connectivity index (χ3n) is 2.35. The molecule has 0 bridgehead atoms. The molecule has 1 amide bonds. The fraction of sp³-hybridized carbons (Fsp3) is 0.222. The Balaban J connectivity index is 2.62. The van der Waals surface area contributed by atoms with Gasteiger partial charge in [0.05, 0.1) is 22.9 Å². The minimum Gasteiger partial charge on any atom is -0.492 e. The highest BCUT2D eigenvalue weighted by molar-refractivity contribution is 6.33. The van der Waals surface area contributed by atoms with Gasteiger partial charge in [-0.25, -0.2) is 5.84 Å². The molecule has 1 aliphatic heterocycles. The molecule has 5 nitrogen and oxygen atoms in total. The Kier molecular flexibility index (Phi) is 2.42. The molecular weight excluding hydrogens is 218 g/mol. The van der Waals surface area contributed by atoms with Crippen molar-refractivity contribution in [3.63, 3.8) is 0 Å². The lowest BCUT2D eigenvalue weighted by Gasteiger charge is -2.09. The van der Waals surface area contributed by atoms with Gasteiger partial charge in [0.2, 0.25) is 0 Å². The van der Waals surface area contributed by atoms with Crippen molar-refractivity contribution in [3.05, 3.63) is 22.2 Å². The highest BCUT2D eigenvalue weighted by atomic mass is 35.5. The first-order valence-electron chi connectivity index (χ1n) is 4.39. The van der Waals surface area contributed by atoms with E-state index in [-0.39, 0.29) is 0 Å². The highest BCUT2D eigenvalue weighted by Crippen LogP contribution is 2.38. The zero-order valence-corrected chi connectivity index (χ0v) is 8.60. The van der Waals surface area contributed by atoms with E-state index in [0.29, 0.717) is 35.1 Å². The third-order valence-corrected chi connectivity index (χ3v) is 2.66. The molecule has 0 radical (unpaired) electrons. The second-order valence-corrected chi connectivity index (χ2v) is 3.61. The Labute approximate surface area is 91.3 Å². The summed E-state index contributed by atoms with van der Waals surface area (Å²) >= 11 is 5.90. The molecule has 5 N–H and O–H groups in total. The van der Waals surface area contributed by atoms with Gasteiger partial charge in [0.1, 0.15) is 5.75 Å². The van der Waals surface area contributed by atoms with Crippen LogP contribution in [0.15, 0.2) is 6.07 Å². The fourth-order valence-electron chi connectivity index (χ4n) is 1.61. The molecule has 0 saturated heterocycles. The maximum absolute atomic E-state index is 11.4. The van der Waals surface area contributed by atoms with Gasteiger partial charge < -0.3 is 10.5 Å². The molecule has 0 aliphatic carbocycles. The normalized spacial score (nSPS) is 13.2. The van der Waals surface area contributed by atoms with Crippen LogP contribution in [-0.4, -0.2) is 12.5 Å². The van der Waals surface area contributed by atoms with Crippen molar-refractivity contribution in [3.8, 4) is 5.75 Å². The van der Waals surface area contributed by atoms with Gasteiger partial charge in [0, 0.05) is 12.0 Å². The number of nitrogens with one attached hydrogen (secondary N) is 1. The third kappa shape index (κ3) is 1.49. The SMILES string of the molecule is NNC(=O)c1cc(Cl)c(N)c2c1OCC2. The molecule has 2 rings (SSSR count). The number of carbonyl (C=O) groups excluding carboxylic acids is 1. The monoisotopic (exact) mass is 227 g/mol. The molecule has 0 fully saturated rings. The molecule has 0 saturated carbocycles. The lowest BCUT2D eigenvalue weighted by Crippen LogP contribution is -2.30. The van der Waals surface area contributed by atoms with E-state index in [9.17, 15) is 4.79 Å². The number of nitrogen functional groups attached to an aromatic ring is 2. The summed E-state index contributed by atoms with van der Waals surface area (Å²) in [6, 6.07) is 1.46. The minimum absolute atomic E-state index is 0.323. The van der Waals surface area contributed by atoms with Gasteiger partial charge in [-0.15, -0.1) is 0 Å². The number of nitrogens with two attached hydrogens (primary N) is 2. The topological polar surface area (TPSA) is 90.4 Å². The summed E-state index contributed by atoms with van der Waals surface area (Å²) in [6.07, 6.45) is 0.659. The molecule has 1 aromatic rings. The summed E-state index contributed by atoms with van der Waals surface area (Å²) in [5.41, 5.74) is 9.38. The summed E-state index contributed by atoms with van der Waals surface area (Å²) < 4.78 is 5.33. The minimum atomic E-state index is -0.435. The van der Waals surface area contributed by atoms with Crippen molar-refractivity contribution in [1.82, 2.24) is 5.43 Å². The van der Waals surface area contributed by atoms with Crippen molar-refractivity contribution >= 4 is 23.2 Å². The lowest BCUT2D eigenvalue weighted by atomic mass is 10.1. The molecule has 6 heteroatoms. The first-order chi connectivity index (χ1) is 7.15. The van der Waals surface area contributed by atoms with E-state index < -0.39 is 5.91 Å². The summed E-state index contributed by atoms with van der Waals surface area (Å²) in [4.78, 5) is 11.4. The quantitative estimate of drug-likeness (QED) is 0.281. The predicted octanol–water partition coefficient (Wildman–Crippen LogP) is 0.461. The van der Waals surface area contributed by atoms with Crippen LogP contribution in [0.5, 0.6) is 5.75 Å². The first-order valence-corrected chi connectivity index (χ1v) is 4.77. The fourth-order valence-corrected chi connectivity index (χ4v) is 1.84. The standard InChI is InChI=1S/C9H10ClN3O2/c10-6-3-5(9(14)13-12)8-4(7(6)11)1-2-15-8/h3H,1-2,11-12H2,(H,13,14). The van der Waals surface area contributed by atoms with Crippen LogP contribution in [0.25, 0.3) is 0 Å². The van der Waals surface area contributed by atoms with E-state index in [1.807, 2.05) is 5.43 Å². The molecule has 1 heterocycles. The van der Waals surface area contributed by atoms with Gasteiger partial charge >= 0.3 is 0 Å². The van der Waals surface area contributed by atoms with Crippen LogP contribution in [0.3, 0.4) is 0 Å². The van der Waals surface area contributed by atoms with Crippen LogP contribution in [0.4, 0.5) is 5.69 Å². The number of hydrogen-bond acceptors (Lipinski definition) is 4. The number of hydrogen-bond donors (Lipinski definition) is 3. The lowest BCUT2D eigenvalue weighted by molar-refractivity contribution is 0.0950. The molecule has 15 heavy (non-hydrogen) atoms. The van der Waals surface area contributed by atoms with Gasteiger partial charge in [-0.1, -0.05) is 11.6 Å². The maximum atomic E-state index is 11.4. The van der Waals surface area contributed by atoms with Crippen LogP contribution < -0.4 is 21.7 Å². The molecule has 1 aliphatic rings. The summed E-state index contributed by atoms with van der Waals surface area (Å²) in [5.74, 6) is 5.11. The van der Waals surface area contributed by atoms with Crippen LogP contribution in [0.2, 0.25) is 5.02 Å². The Morgan fingerprint density at radius 1 is 1.60 bits per heavy atom. The molecule has 0 aromatic heterocycles. The second-order valence-electron chi connectivity index (χ2n) is 3.20. The molecule has 0 spiro atoms. The van der Waals surface area contributed by atoms with Crippen LogP contribution in [-0.2, 0) is 6.42 Å². The number of amides is 1. The Hall–Kier alpha value is -1.46. The maximum Gasteiger partial charge on any atom is 0.269 e. The summed E-state index contributed by atoms with van der Waals surface area (Å²) in [7, 11) is 0. The average molecular weight is 228 g/mol. The number of ether oxygens (including phenoxy) is 1. The smallest absolute Gasteiger partial charge is 0.269 e. The molecule has 0 unspecified atom stereocenters. The number of anilines is 1. The molecular formula is C9H10ClN3O2. The molecule has 1 aromatic carbocycles. The highest BCUT2D eigenvalue weighted by Gasteiger charge is 2.24. The van der Waals surface area contributed by atoms with Crippen LogP contribution in [0, 0.1) is 0 Å². The molecule has 0 atom stereocenters. The Morgan fingerprint density at radius 3 is 3.00 bits per heavy atom. The number of halogens is 1. The van der Waals surface area contributed by atoms with Gasteiger partial charge in [0.15, 0.2) is 0 Å².